The van der Waals surface area contributed by atoms with E-state index in [4.69, 9.17) is 17.0 Å². The van der Waals surface area contributed by atoms with Crippen molar-refractivity contribution in [1.29, 1.82) is 0 Å². The summed E-state index contributed by atoms with van der Waals surface area (Å²) < 4.78 is 6.20. The Bertz CT molecular complexity index is 873. The lowest BCUT2D eigenvalue weighted by Crippen LogP contribution is -2.37. The maximum Gasteiger partial charge on any atom is 0.257 e. The van der Waals surface area contributed by atoms with Gasteiger partial charge in [0, 0.05) is 29.5 Å². The fourth-order valence-electron chi connectivity index (χ4n) is 3.47. The third-order valence-corrected chi connectivity index (χ3v) is 5.80. The Hall–Kier alpha value is -2.12. The number of benzene rings is 2. The van der Waals surface area contributed by atoms with E-state index in [0.717, 1.165) is 16.7 Å². The van der Waals surface area contributed by atoms with Crippen LogP contribution in [0.15, 0.2) is 46.9 Å². The second-order valence-electron chi connectivity index (χ2n) is 7.07. The summed E-state index contributed by atoms with van der Waals surface area (Å²) in [7, 11) is 0. The number of hydrogen-bond donors (Lipinski definition) is 2. The Kier molecular flexibility index (Phi) is 7.50. The molecule has 0 spiro atoms. The van der Waals surface area contributed by atoms with E-state index in [0.29, 0.717) is 24.0 Å². The Morgan fingerprint density at radius 2 is 2.00 bits per heavy atom. The van der Waals surface area contributed by atoms with Crippen LogP contribution in [0.5, 0.6) is 5.75 Å². The molecule has 1 atom stereocenters. The predicted molar refractivity (Wildman–Crippen MR) is 126 cm³/mol. The molecule has 7 heteroatoms. The molecule has 0 radical (unpaired) electrons. The molecule has 1 fully saturated rings. The lowest BCUT2D eigenvalue weighted by Gasteiger charge is -2.35. The summed E-state index contributed by atoms with van der Waals surface area (Å²) in [4.78, 5) is 14.9. The van der Waals surface area contributed by atoms with E-state index in [9.17, 15) is 4.79 Å². The van der Waals surface area contributed by atoms with E-state index < -0.39 is 0 Å². The third-order valence-electron chi connectivity index (χ3n) is 4.98. The SMILES string of the molecule is CCOc1ccc(C(=O)NC(=S)Nc2ccc(N3CCCC[C@H]3C)cc2)cc1Br. The smallest absolute Gasteiger partial charge is 0.257 e. The van der Waals surface area contributed by atoms with Gasteiger partial charge in [0.25, 0.3) is 5.91 Å². The Balaban J connectivity index is 1.57. The van der Waals surface area contributed by atoms with Crippen LogP contribution in [-0.2, 0) is 0 Å². The number of piperidine rings is 1. The Morgan fingerprint density at radius 1 is 1.24 bits per heavy atom. The van der Waals surface area contributed by atoms with Crippen LogP contribution in [0.2, 0.25) is 0 Å². The van der Waals surface area contributed by atoms with Gasteiger partial charge in [-0.05, 0) is 104 Å². The molecule has 2 aromatic carbocycles. The van der Waals surface area contributed by atoms with Gasteiger partial charge in [-0.25, -0.2) is 0 Å². The monoisotopic (exact) mass is 475 g/mol. The number of nitrogens with one attached hydrogen (secondary N) is 2. The van der Waals surface area contributed by atoms with E-state index in [1.807, 2.05) is 19.1 Å². The number of anilines is 2. The number of amides is 1. The first-order valence-corrected chi connectivity index (χ1v) is 11.1. The number of carbonyl (C=O) groups is 1. The molecule has 5 nitrogen and oxygen atoms in total. The lowest BCUT2D eigenvalue weighted by atomic mass is 10.0. The topological polar surface area (TPSA) is 53.6 Å². The van der Waals surface area contributed by atoms with Gasteiger partial charge in [0.15, 0.2) is 5.11 Å². The van der Waals surface area contributed by atoms with Gasteiger partial charge in [0.1, 0.15) is 5.75 Å². The molecular formula is C22H26BrN3O2S. The molecular weight excluding hydrogens is 450 g/mol. The first-order chi connectivity index (χ1) is 14.0. The number of nitrogens with zero attached hydrogens (tertiary/aromatic N) is 1. The molecule has 1 heterocycles. The van der Waals surface area contributed by atoms with Crippen molar-refractivity contribution in [2.45, 2.75) is 39.2 Å². The molecule has 1 aliphatic heterocycles. The summed E-state index contributed by atoms with van der Waals surface area (Å²) in [5.74, 6) is 0.429. The van der Waals surface area contributed by atoms with Crippen LogP contribution in [0.1, 0.15) is 43.5 Å². The number of ether oxygens (including phenoxy) is 1. The lowest BCUT2D eigenvalue weighted by molar-refractivity contribution is 0.0977. The molecule has 3 rings (SSSR count). The number of hydrogen-bond acceptors (Lipinski definition) is 4. The summed E-state index contributed by atoms with van der Waals surface area (Å²) >= 11 is 8.72. The Labute approximate surface area is 185 Å². The molecule has 0 unspecified atom stereocenters. The van der Waals surface area contributed by atoms with Crippen molar-refractivity contribution < 1.29 is 9.53 Å². The molecule has 0 saturated carbocycles. The number of thiocarbonyl (C=S) groups is 1. The molecule has 1 saturated heterocycles. The molecule has 1 amide bonds. The van der Waals surface area contributed by atoms with Crippen molar-refractivity contribution in [3.63, 3.8) is 0 Å². The minimum Gasteiger partial charge on any atom is -0.493 e. The zero-order chi connectivity index (χ0) is 20.8. The van der Waals surface area contributed by atoms with Crippen LogP contribution >= 0.6 is 28.1 Å². The standard InChI is InChI=1S/C22H26BrN3O2S/c1-3-28-20-12-7-16(14-19(20)23)21(27)25-22(29)24-17-8-10-18(11-9-17)26-13-5-4-6-15(26)2/h7-12,14-15H,3-6,13H2,1-2H3,(H2,24,25,27,29)/t15-/m1/s1. The summed E-state index contributed by atoms with van der Waals surface area (Å²) in [5.41, 5.74) is 2.56. The van der Waals surface area contributed by atoms with Gasteiger partial charge in [-0.15, -0.1) is 0 Å². The van der Waals surface area contributed by atoms with Gasteiger partial charge < -0.3 is 15.0 Å². The number of halogens is 1. The largest absolute Gasteiger partial charge is 0.493 e. The van der Waals surface area contributed by atoms with E-state index in [1.165, 1.54) is 24.9 Å². The van der Waals surface area contributed by atoms with Gasteiger partial charge in [-0.2, -0.15) is 0 Å². The molecule has 154 valence electrons. The van der Waals surface area contributed by atoms with Crippen LogP contribution in [0, 0.1) is 0 Å². The molecule has 2 N–H and O–H groups in total. The molecule has 0 bridgehead atoms. The summed E-state index contributed by atoms with van der Waals surface area (Å²) in [6, 6.07) is 13.9. The first-order valence-electron chi connectivity index (χ1n) is 9.89. The maximum atomic E-state index is 12.5. The van der Waals surface area contributed by atoms with Crippen molar-refractivity contribution in [2.24, 2.45) is 0 Å². The third kappa shape index (κ3) is 5.70. The van der Waals surface area contributed by atoms with Crippen LogP contribution in [-0.4, -0.2) is 30.2 Å². The molecule has 0 aliphatic carbocycles. The summed E-state index contributed by atoms with van der Waals surface area (Å²) in [6.45, 7) is 5.85. The second-order valence-corrected chi connectivity index (χ2v) is 8.33. The van der Waals surface area contributed by atoms with Crippen LogP contribution < -0.4 is 20.3 Å². The number of carbonyl (C=O) groups excluding carboxylic acids is 1. The fraction of sp³-hybridized carbons (Fsp3) is 0.364. The maximum absolute atomic E-state index is 12.5. The molecule has 1 aliphatic rings. The summed E-state index contributed by atoms with van der Waals surface area (Å²) in [5, 5.41) is 6.06. The summed E-state index contributed by atoms with van der Waals surface area (Å²) in [6.07, 6.45) is 3.77. The van der Waals surface area contributed by atoms with Gasteiger partial charge in [0.2, 0.25) is 0 Å². The van der Waals surface area contributed by atoms with Crippen LogP contribution in [0.4, 0.5) is 11.4 Å². The Morgan fingerprint density at radius 3 is 2.66 bits per heavy atom. The zero-order valence-electron chi connectivity index (χ0n) is 16.7. The average Bonchev–Trinajstić information content (AvgIpc) is 2.70. The predicted octanol–water partition coefficient (Wildman–Crippen LogP) is 5.35. The van der Waals surface area contributed by atoms with Gasteiger partial charge in [-0.3, -0.25) is 10.1 Å². The van der Waals surface area contributed by atoms with E-state index in [1.54, 1.807) is 18.2 Å². The van der Waals surface area contributed by atoms with Crippen LogP contribution in [0.3, 0.4) is 0 Å². The minimum absolute atomic E-state index is 0.263. The van der Waals surface area contributed by atoms with E-state index in [-0.39, 0.29) is 11.0 Å². The highest BCUT2D eigenvalue weighted by Crippen LogP contribution is 2.27. The van der Waals surface area contributed by atoms with Gasteiger partial charge in [0.05, 0.1) is 11.1 Å². The van der Waals surface area contributed by atoms with Crippen molar-refractivity contribution in [2.75, 3.05) is 23.4 Å². The first kappa shape index (κ1) is 21.6. The van der Waals surface area contributed by atoms with Crippen molar-refractivity contribution in [1.82, 2.24) is 5.32 Å². The number of rotatable bonds is 5. The van der Waals surface area contributed by atoms with Gasteiger partial charge >= 0.3 is 0 Å². The fourth-order valence-corrected chi connectivity index (χ4v) is 4.17. The highest BCUT2D eigenvalue weighted by atomic mass is 79.9. The second kappa shape index (κ2) is 10.1. The quantitative estimate of drug-likeness (QED) is 0.570. The average molecular weight is 476 g/mol. The molecule has 0 aromatic heterocycles. The van der Waals surface area contributed by atoms with Crippen molar-refractivity contribution in [3.05, 3.63) is 52.5 Å². The zero-order valence-corrected chi connectivity index (χ0v) is 19.1. The van der Waals surface area contributed by atoms with Crippen LogP contribution in [0.25, 0.3) is 0 Å². The molecule has 2 aromatic rings. The normalized spacial score (nSPS) is 16.2. The van der Waals surface area contributed by atoms with E-state index in [2.05, 4.69) is 50.5 Å². The van der Waals surface area contributed by atoms with Crippen molar-refractivity contribution in [3.8, 4) is 5.75 Å². The molecule has 29 heavy (non-hydrogen) atoms. The van der Waals surface area contributed by atoms with Crippen molar-refractivity contribution >= 4 is 50.5 Å². The minimum atomic E-state index is -0.273. The van der Waals surface area contributed by atoms with E-state index >= 15 is 0 Å². The highest BCUT2D eigenvalue weighted by Gasteiger charge is 2.18. The highest BCUT2D eigenvalue weighted by molar-refractivity contribution is 9.10. The van der Waals surface area contributed by atoms with Gasteiger partial charge in [-0.1, -0.05) is 0 Å².